The molecule has 0 aliphatic carbocycles. The highest BCUT2D eigenvalue weighted by Gasteiger charge is 2.30. The average Bonchev–Trinajstić information content (AvgIpc) is 2.23. The van der Waals surface area contributed by atoms with Gasteiger partial charge in [-0.2, -0.15) is 0 Å². The Kier molecular flexibility index (Phi) is 7.05. The van der Waals surface area contributed by atoms with Gasteiger partial charge in [-0.1, -0.05) is 27.7 Å². The third kappa shape index (κ3) is 5.19. The lowest BCUT2D eigenvalue weighted by atomic mass is 9.99. The van der Waals surface area contributed by atoms with E-state index in [1.165, 1.54) is 4.90 Å². The minimum atomic E-state index is -0.469. The average molecular weight is 271 g/mol. The van der Waals surface area contributed by atoms with Crippen LogP contribution < -0.4 is 5.32 Å². The van der Waals surface area contributed by atoms with Gasteiger partial charge in [0.15, 0.2) is 0 Å². The molecule has 0 fully saturated rings. The maximum Gasteiger partial charge on any atom is 0.244 e. The molecule has 0 aromatic carbocycles. The van der Waals surface area contributed by atoms with Crippen LogP contribution in [0, 0.1) is 11.8 Å². The third-order valence-electron chi connectivity index (χ3n) is 3.13. The van der Waals surface area contributed by atoms with E-state index in [0.29, 0.717) is 0 Å². The van der Waals surface area contributed by atoms with Gasteiger partial charge in [0.1, 0.15) is 6.04 Å². The predicted octanol–water partition coefficient (Wildman–Crippen LogP) is 0.802. The number of carbonyl (C=O) groups excluding carboxylic acids is 2. The standard InChI is InChI=1S/C14H29N3O2/c1-9(2)11(14(19)17(7)8)15-13(18)12(10(3)4)16(5)6/h9-12H,1-8H3,(H,15,18)/t11-,12?/m0/s1. The first-order chi connectivity index (χ1) is 8.59. The van der Waals surface area contributed by atoms with Crippen LogP contribution in [0.4, 0.5) is 0 Å². The number of hydrogen-bond donors (Lipinski definition) is 1. The quantitative estimate of drug-likeness (QED) is 0.777. The molecule has 5 nitrogen and oxygen atoms in total. The highest BCUT2D eigenvalue weighted by molar-refractivity contribution is 5.89. The number of amides is 2. The Bertz CT molecular complexity index is 304. The van der Waals surface area contributed by atoms with Gasteiger partial charge in [-0.25, -0.2) is 0 Å². The van der Waals surface area contributed by atoms with E-state index in [1.807, 2.05) is 46.7 Å². The topological polar surface area (TPSA) is 52.7 Å². The maximum absolute atomic E-state index is 12.3. The monoisotopic (exact) mass is 271 g/mol. The zero-order chi connectivity index (χ0) is 15.3. The van der Waals surface area contributed by atoms with Crippen molar-refractivity contribution in [3.63, 3.8) is 0 Å². The Balaban J connectivity index is 4.95. The lowest BCUT2D eigenvalue weighted by molar-refractivity contribution is -0.137. The second-order valence-corrected chi connectivity index (χ2v) is 6.12. The van der Waals surface area contributed by atoms with Crippen LogP contribution in [0.2, 0.25) is 0 Å². The van der Waals surface area contributed by atoms with Gasteiger partial charge in [0.2, 0.25) is 11.8 Å². The smallest absolute Gasteiger partial charge is 0.244 e. The summed E-state index contributed by atoms with van der Waals surface area (Å²) in [6.07, 6.45) is 0. The molecular formula is C14H29N3O2. The van der Waals surface area contributed by atoms with Crippen LogP contribution in [0.1, 0.15) is 27.7 Å². The van der Waals surface area contributed by atoms with Crippen molar-refractivity contribution in [2.45, 2.75) is 39.8 Å². The summed E-state index contributed by atoms with van der Waals surface area (Å²) >= 11 is 0. The second-order valence-electron chi connectivity index (χ2n) is 6.12. The molecule has 0 aliphatic heterocycles. The molecule has 0 saturated carbocycles. The van der Waals surface area contributed by atoms with E-state index in [1.54, 1.807) is 14.1 Å². The highest BCUT2D eigenvalue weighted by Crippen LogP contribution is 2.10. The van der Waals surface area contributed by atoms with E-state index in [2.05, 4.69) is 5.32 Å². The minimum absolute atomic E-state index is 0.0637. The summed E-state index contributed by atoms with van der Waals surface area (Å²) in [6, 6.07) is -0.695. The Hall–Kier alpha value is -1.10. The van der Waals surface area contributed by atoms with Gasteiger partial charge >= 0.3 is 0 Å². The summed E-state index contributed by atoms with van der Waals surface area (Å²) in [5.74, 6) is 0.101. The number of nitrogens with zero attached hydrogens (tertiary/aromatic N) is 2. The van der Waals surface area contributed by atoms with E-state index in [0.717, 1.165) is 0 Å². The minimum Gasteiger partial charge on any atom is -0.347 e. The van der Waals surface area contributed by atoms with E-state index in [4.69, 9.17) is 0 Å². The van der Waals surface area contributed by atoms with Gasteiger partial charge in [-0.05, 0) is 25.9 Å². The molecule has 5 heteroatoms. The van der Waals surface area contributed by atoms with Gasteiger partial charge in [0.25, 0.3) is 0 Å². The number of nitrogens with one attached hydrogen (secondary N) is 1. The van der Waals surface area contributed by atoms with E-state index in [9.17, 15) is 9.59 Å². The van der Waals surface area contributed by atoms with Gasteiger partial charge in [-0.3, -0.25) is 14.5 Å². The molecule has 0 spiro atoms. The second kappa shape index (κ2) is 7.48. The summed E-state index contributed by atoms with van der Waals surface area (Å²) < 4.78 is 0. The van der Waals surface area contributed by atoms with Crippen LogP contribution in [-0.2, 0) is 9.59 Å². The molecule has 0 rings (SSSR count). The lowest BCUT2D eigenvalue weighted by Gasteiger charge is -2.31. The first-order valence-electron chi connectivity index (χ1n) is 6.77. The van der Waals surface area contributed by atoms with Crippen LogP contribution in [0.3, 0.4) is 0 Å². The Morgan fingerprint density at radius 1 is 0.895 bits per heavy atom. The summed E-state index contributed by atoms with van der Waals surface area (Å²) in [5, 5.41) is 2.89. The first-order valence-corrected chi connectivity index (χ1v) is 6.77. The molecule has 1 N–H and O–H groups in total. The van der Waals surface area contributed by atoms with Crippen LogP contribution in [0.5, 0.6) is 0 Å². The Morgan fingerprint density at radius 2 is 1.37 bits per heavy atom. The summed E-state index contributed by atoms with van der Waals surface area (Å²) in [7, 11) is 7.16. The lowest BCUT2D eigenvalue weighted by Crippen LogP contribution is -2.55. The molecule has 0 heterocycles. The zero-order valence-corrected chi connectivity index (χ0v) is 13.5. The number of likely N-dealkylation sites (N-methyl/N-ethyl adjacent to an activating group) is 2. The first kappa shape index (κ1) is 17.9. The fourth-order valence-corrected chi connectivity index (χ4v) is 2.16. The van der Waals surface area contributed by atoms with Crippen LogP contribution in [0.15, 0.2) is 0 Å². The van der Waals surface area contributed by atoms with Crippen molar-refractivity contribution >= 4 is 11.8 Å². The van der Waals surface area contributed by atoms with Crippen molar-refractivity contribution in [1.82, 2.24) is 15.1 Å². The highest BCUT2D eigenvalue weighted by atomic mass is 16.2. The van der Waals surface area contributed by atoms with Crippen molar-refractivity contribution in [3.8, 4) is 0 Å². The largest absolute Gasteiger partial charge is 0.347 e. The van der Waals surface area contributed by atoms with Gasteiger partial charge in [-0.15, -0.1) is 0 Å². The Labute approximate surface area is 117 Å². The van der Waals surface area contributed by atoms with E-state index in [-0.39, 0.29) is 29.7 Å². The molecular weight excluding hydrogens is 242 g/mol. The Morgan fingerprint density at radius 3 is 1.63 bits per heavy atom. The predicted molar refractivity (Wildman–Crippen MR) is 77.8 cm³/mol. The number of hydrogen-bond acceptors (Lipinski definition) is 3. The van der Waals surface area contributed by atoms with Crippen molar-refractivity contribution in [1.29, 1.82) is 0 Å². The van der Waals surface area contributed by atoms with Crippen molar-refractivity contribution in [2.24, 2.45) is 11.8 Å². The SMILES string of the molecule is CC(C)C(C(=O)N[C@H](C(=O)N(C)C)C(C)C)N(C)C. The molecule has 0 aromatic heterocycles. The molecule has 0 radical (unpaired) electrons. The zero-order valence-electron chi connectivity index (χ0n) is 13.5. The fourth-order valence-electron chi connectivity index (χ4n) is 2.16. The molecule has 0 saturated heterocycles. The van der Waals surface area contributed by atoms with Gasteiger partial charge < -0.3 is 10.2 Å². The van der Waals surface area contributed by atoms with Gasteiger partial charge in [0.05, 0.1) is 6.04 Å². The molecule has 2 amide bonds. The summed E-state index contributed by atoms with van der Waals surface area (Å²) in [6.45, 7) is 7.88. The molecule has 112 valence electrons. The molecule has 0 aliphatic rings. The molecule has 1 unspecified atom stereocenters. The maximum atomic E-state index is 12.3. The summed E-state index contributed by atoms with van der Waals surface area (Å²) in [5.41, 5.74) is 0. The van der Waals surface area contributed by atoms with Crippen molar-refractivity contribution in [2.75, 3.05) is 28.2 Å². The summed E-state index contributed by atoms with van der Waals surface area (Å²) in [4.78, 5) is 27.8. The fraction of sp³-hybridized carbons (Fsp3) is 0.857. The molecule has 0 bridgehead atoms. The van der Waals surface area contributed by atoms with Crippen LogP contribution >= 0.6 is 0 Å². The number of rotatable bonds is 6. The molecule has 2 atom stereocenters. The van der Waals surface area contributed by atoms with Gasteiger partial charge in [0, 0.05) is 14.1 Å². The van der Waals surface area contributed by atoms with Crippen molar-refractivity contribution in [3.05, 3.63) is 0 Å². The van der Waals surface area contributed by atoms with Crippen LogP contribution in [0.25, 0.3) is 0 Å². The van der Waals surface area contributed by atoms with E-state index >= 15 is 0 Å². The van der Waals surface area contributed by atoms with E-state index < -0.39 is 6.04 Å². The third-order valence-corrected chi connectivity index (χ3v) is 3.13. The van der Waals surface area contributed by atoms with Crippen LogP contribution in [-0.4, -0.2) is 61.9 Å². The normalized spacial score (nSPS) is 14.7. The molecule has 19 heavy (non-hydrogen) atoms. The van der Waals surface area contributed by atoms with Crippen molar-refractivity contribution < 1.29 is 9.59 Å². The number of carbonyl (C=O) groups is 2. The molecule has 0 aromatic rings.